The van der Waals surface area contributed by atoms with Crippen molar-refractivity contribution in [3.8, 4) is 11.8 Å². The number of hydrogen-bond acceptors (Lipinski definition) is 4. The van der Waals surface area contributed by atoms with Crippen molar-refractivity contribution in [2.75, 3.05) is 26.0 Å². The lowest BCUT2D eigenvalue weighted by Gasteiger charge is -2.14. The smallest absolute Gasteiger partial charge is 0.230 e. The van der Waals surface area contributed by atoms with E-state index in [1.807, 2.05) is 12.1 Å². The molecule has 1 unspecified atom stereocenters. The molecular formula is C21H26N3O2S+. The van der Waals surface area contributed by atoms with Gasteiger partial charge < -0.3 is 15.0 Å². The van der Waals surface area contributed by atoms with Crippen LogP contribution in [0.3, 0.4) is 0 Å². The van der Waals surface area contributed by atoms with Crippen molar-refractivity contribution in [1.82, 2.24) is 0 Å². The highest BCUT2D eigenvalue weighted by Gasteiger charge is 2.22. The van der Waals surface area contributed by atoms with Gasteiger partial charge in [0.1, 0.15) is 23.4 Å². The third-order valence-electron chi connectivity index (χ3n) is 4.98. The fraction of sp³-hybridized carbons (Fsp3) is 0.429. The second-order valence-corrected chi connectivity index (χ2v) is 8.16. The van der Waals surface area contributed by atoms with Gasteiger partial charge in [0, 0.05) is 10.4 Å². The van der Waals surface area contributed by atoms with Crippen molar-refractivity contribution in [1.29, 1.82) is 5.26 Å². The molecule has 1 aromatic heterocycles. The number of aryl methyl sites for hydroxylation is 1. The molecule has 1 amide bonds. The van der Waals surface area contributed by atoms with Crippen LogP contribution in [0.25, 0.3) is 0 Å². The largest absolute Gasteiger partial charge is 0.497 e. The van der Waals surface area contributed by atoms with Crippen LogP contribution in [-0.4, -0.2) is 26.6 Å². The highest BCUT2D eigenvalue weighted by molar-refractivity contribution is 7.16. The molecule has 0 saturated heterocycles. The molecule has 0 aliphatic heterocycles. The van der Waals surface area contributed by atoms with Crippen LogP contribution in [0.1, 0.15) is 40.8 Å². The summed E-state index contributed by atoms with van der Waals surface area (Å²) in [5.41, 5.74) is 3.06. The number of methoxy groups -OCH3 is 1. The summed E-state index contributed by atoms with van der Waals surface area (Å²) in [6, 6.07) is 10.3. The molecule has 1 aliphatic rings. The van der Waals surface area contributed by atoms with Gasteiger partial charge in [0.05, 0.1) is 32.7 Å². The third-order valence-corrected chi connectivity index (χ3v) is 6.19. The minimum atomic E-state index is -0.0147. The van der Waals surface area contributed by atoms with Crippen LogP contribution in [0.5, 0.6) is 5.75 Å². The Hall–Kier alpha value is -2.36. The van der Waals surface area contributed by atoms with Gasteiger partial charge in [-0.15, -0.1) is 11.3 Å². The number of nitrogens with one attached hydrogen (secondary N) is 2. The van der Waals surface area contributed by atoms with Crippen molar-refractivity contribution in [3.63, 3.8) is 0 Å². The predicted molar refractivity (Wildman–Crippen MR) is 107 cm³/mol. The van der Waals surface area contributed by atoms with Crippen LogP contribution in [0.2, 0.25) is 0 Å². The second kappa shape index (κ2) is 9.03. The zero-order chi connectivity index (χ0) is 19.2. The molecule has 0 bridgehead atoms. The topological polar surface area (TPSA) is 66.6 Å². The lowest BCUT2D eigenvalue weighted by molar-refractivity contribution is -0.893. The van der Waals surface area contributed by atoms with Crippen LogP contribution in [0.15, 0.2) is 24.3 Å². The van der Waals surface area contributed by atoms with E-state index in [1.165, 1.54) is 21.8 Å². The summed E-state index contributed by atoms with van der Waals surface area (Å²) in [5, 5.41) is 13.2. The van der Waals surface area contributed by atoms with Gasteiger partial charge in [-0.3, -0.25) is 4.79 Å². The van der Waals surface area contributed by atoms with Gasteiger partial charge in [-0.1, -0.05) is 0 Å². The van der Waals surface area contributed by atoms with E-state index >= 15 is 0 Å². The molecule has 0 radical (unpaired) electrons. The summed E-state index contributed by atoms with van der Waals surface area (Å²) in [6.07, 6.45) is 4.73. The lowest BCUT2D eigenvalue weighted by Crippen LogP contribution is -3.07. The number of amides is 1. The van der Waals surface area contributed by atoms with E-state index in [0.717, 1.165) is 48.7 Å². The highest BCUT2D eigenvalue weighted by Crippen LogP contribution is 2.37. The van der Waals surface area contributed by atoms with Crippen LogP contribution >= 0.6 is 11.3 Å². The number of fused-ring (bicyclic) bond motifs is 1. The molecule has 2 N–H and O–H groups in total. The summed E-state index contributed by atoms with van der Waals surface area (Å²) in [7, 11) is 3.74. The fourth-order valence-electron chi connectivity index (χ4n) is 3.47. The fourth-order valence-corrected chi connectivity index (χ4v) is 4.72. The molecule has 1 atom stereocenters. The average molecular weight is 385 g/mol. The SMILES string of the molecule is COc1ccc(C[NH+](C)CCC(=O)Nc2sc3c(c2C#N)CCCC3)cc1. The molecule has 27 heavy (non-hydrogen) atoms. The molecule has 1 aliphatic carbocycles. The maximum absolute atomic E-state index is 12.4. The lowest BCUT2D eigenvalue weighted by atomic mass is 9.96. The van der Waals surface area contributed by atoms with Gasteiger partial charge >= 0.3 is 0 Å². The van der Waals surface area contributed by atoms with Crippen molar-refractivity contribution in [2.45, 2.75) is 38.6 Å². The minimum Gasteiger partial charge on any atom is -0.497 e. The Morgan fingerprint density at radius 3 is 2.74 bits per heavy atom. The highest BCUT2D eigenvalue weighted by atomic mass is 32.1. The zero-order valence-corrected chi connectivity index (χ0v) is 16.7. The van der Waals surface area contributed by atoms with E-state index < -0.39 is 0 Å². The molecule has 3 rings (SSSR count). The van der Waals surface area contributed by atoms with Gasteiger partial charge in [-0.2, -0.15) is 5.26 Å². The van der Waals surface area contributed by atoms with Crippen LogP contribution < -0.4 is 15.0 Å². The maximum atomic E-state index is 12.4. The van der Waals surface area contributed by atoms with Gasteiger partial charge in [-0.25, -0.2) is 0 Å². The first kappa shape index (κ1) is 19.4. The summed E-state index contributed by atoms with van der Waals surface area (Å²) in [5.74, 6) is 0.835. The number of nitriles is 1. The standard InChI is InChI=1S/C21H25N3O2S/c1-24(14-15-7-9-16(26-2)10-8-15)12-11-20(25)23-21-18(13-22)17-5-3-4-6-19(17)27-21/h7-10H,3-6,11-12,14H2,1-2H3,(H,23,25)/p+1. The Morgan fingerprint density at radius 1 is 1.30 bits per heavy atom. The van der Waals surface area contributed by atoms with E-state index in [9.17, 15) is 10.1 Å². The normalized spacial score (nSPS) is 14.1. The molecule has 5 nitrogen and oxygen atoms in total. The number of hydrogen-bond donors (Lipinski definition) is 2. The number of quaternary nitrogens is 1. The zero-order valence-electron chi connectivity index (χ0n) is 15.9. The molecule has 0 fully saturated rings. The number of carbonyl (C=O) groups is 1. The number of rotatable bonds is 7. The Bertz CT molecular complexity index is 836. The number of ether oxygens (including phenoxy) is 1. The average Bonchev–Trinajstić information content (AvgIpc) is 3.03. The van der Waals surface area contributed by atoms with E-state index in [-0.39, 0.29) is 5.91 Å². The molecule has 0 saturated carbocycles. The van der Waals surface area contributed by atoms with Crippen molar-refractivity contribution < 1.29 is 14.4 Å². The third kappa shape index (κ3) is 4.88. The van der Waals surface area contributed by atoms with Gasteiger partial charge in [0.15, 0.2) is 0 Å². The number of nitrogens with zero attached hydrogens (tertiary/aromatic N) is 1. The van der Waals surface area contributed by atoms with Gasteiger partial charge in [-0.05, 0) is 55.5 Å². The molecule has 142 valence electrons. The Labute approximate surface area is 164 Å². The number of benzene rings is 1. The quantitative estimate of drug-likeness (QED) is 0.771. The Morgan fingerprint density at radius 2 is 2.04 bits per heavy atom. The predicted octanol–water partition coefficient (Wildman–Crippen LogP) is 2.55. The first-order valence-corrected chi connectivity index (χ1v) is 10.2. The van der Waals surface area contributed by atoms with E-state index in [1.54, 1.807) is 18.4 Å². The van der Waals surface area contributed by atoms with Gasteiger partial charge in [0.2, 0.25) is 5.91 Å². The van der Waals surface area contributed by atoms with E-state index in [0.29, 0.717) is 12.0 Å². The van der Waals surface area contributed by atoms with Crippen molar-refractivity contribution in [3.05, 3.63) is 45.8 Å². The van der Waals surface area contributed by atoms with E-state index in [2.05, 4.69) is 30.6 Å². The minimum absolute atomic E-state index is 0.0147. The first-order valence-electron chi connectivity index (χ1n) is 9.39. The second-order valence-electron chi connectivity index (χ2n) is 7.06. The molecule has 1 heterocycles. The molecular weight excluding hydrogens is 358 g/mol. The van der Waals surface area contributed by atoms with Crippen LogP contribution in [-0.2, 0) is 24.2 Å². The van der Waals surface area contributed by atoms with Gasteiger partial charge in [0.25, 0.3) is 0 Å². The Kier molecular flexibility index (Phi) is 6.49. The Balaban J connectivity index is 1.52. The summed E-state index contributed by atoms with van der Waals surface area (Å²) >= 11 is 1.58. The molecule has 2 aromatic rings. The molecule has 0 spiro atoms. The number of carbonyl (C=O) groups excluding carboxylic acids is 1. The van der Waals surface area contributed by atoms with Crippen LogP contribution in [0, 0.1) is 11.3 Å². The number of anilines is 1. The maximum Gasteiger partial charge on any atom is 0.230 e. The van der Waals surface area contributed by atoms with Crippen LogP contribution in [0.4, 0.5) is 5.00 Å². The monoisotopic (exact) mass is 384 g/mol. The summed E-state index contributed by atoms with van der Waals surface area (Å²) in [6.45, 7) is 1.60. The summed E-state index contributed by atoms with van der Waals surface area (Å²) < 4.78 is 5.18. The van der Waals surface area contributed by atoms with Crippen molar-refractivity contribution >= 4 is 22.2 Å². The van der Waals surface area contributed by atoms with E-state index in [4.69, 9.17) is 4.74 Å². The first-order chi connectivity index (χ1) is 13.1. The molecule has 1 aromatic carbocycles. The summed E-state index contributed by atoms with van der Waals surface area (Å²) in [4.78, 5) is 14.9. The molecule has 6 heteroatoms. The number of thiophene rings is 1. The van der Waals surface area contributed by atoms with Crippen molar-refractivity contribution in [2.24, 2.45) is 0 Å².